The van der Waals surface area contributed by atoms with E-state index in [1.165, 1.54) is 0 Å². The molecule has 12 heavy (non-hydrogen) atoms. The average molecular weight is 176 g/mol. The van der Waals surface area contributed by atoms with E-state index in [1.54, 1.807) is 6.33 Å². The Kier molecular flexibility index (Phi) is 1.78. The van der Waals surface area contributed by atoms with Gasteiger partial charge in [-0.3, -0.25) is 0 Å². The zero-order valence-electron chi connectivity index (χ0n) is 6.78. The summed E-state index contributed by atoms with van der Waals surface area (Å²) in [5.74, 6) is 0. The molecular formula is C9H9N2P. The highest BCUT2D eigenvalue weighted by Gasteiger charge is 2.00. The summed E-state index contributed by atoms with van der Waals surface area (Å²) < 4.78 is 0. The van der Waals surface area contributed by atoms with Crippen LogP contribution in [0, 0.1) is 6.92 Å². The molecule has 2 aromatic rings. The number of benzene rings is 1. The third-order valence-corrected chi connectivity index (χ3v) is 2.37. The maximum Gasteiger partial charge on any atom is 0.116 e. The highest BCUT2D eigenvalue weighted by atomic mass is 31.0. The Hall–Kier alpha value is -1.01. The average Bonchev–Trinajstić information content (AvgIpc) is 2.04. The van der Waals surface area contributed by atoms with E-state index in [-0.39, 0.29) is 0 Å². The second-order valence-corrected chi connectivity index (χ2v) is 3.32. The first-order chi connectivity index (χ1) is 5.79. The molecule has 0 saturated heterocycles. The minimum Gasteiger partial charge on any atom is -0.241 e. The van der Waals surface area contributed by atoms with E-state index in [4.69, 9.17) is 0 Å². The van der Waals surface area contributed by atoms with Crippen LogP contribution in [-0.2, 0) is 0 Å². The fraction of sp³-hybridized carbons (Fsp3) is 0.111. The second kappa shape index (κ2) is 2.80. The minimum atomic E-state index is 1.01. The van der Waals surface area contributed by atoms with Crippen molar-refractivity contribution in [3.8, 4) is 0 Å². The van der Waals surface area contributed by atoms with Crippen molar-refractivity contribution in [2.75, 3.05) is 0 Å². The topological polar surface area (TPSA) is 25.8 Å². The molecule has 0 aliphatic heterocycles. The molecule has 0 saturated carbocycles. The fourth-order valence-electron chi connectivity index (χ4n) is 1.30. The predicted octanol–water partition coefficient (Wildman–Crippen LogP) is 1.44. The van der Waals surface area contributed by atoms with Gasteiger partial charge >= 0.3 is 0 Å². The molecule has 2 nitrogen and oxygen atoms in total. The van der Waals surface area contributed by atoms with Crippen molar-refractivity contribution in [1.82, 2.24) is 9.97 Å². The summed E-state index contributed by atoms with van der Waals surface area (Å²) in [4.78, 5) is 8.32. The van der Waals surface area contributed by atoms with Crippen molar-refractivity contribution in [3.63, 3.8) is 0 Å². The Morgan fingerprint density at radius 1 is 1.25 bits per heavy atom. The Balaban J connectivity index is 2.96. The first-order valence-electron chi connectivity index (χ1n) is 3.75. The van der Waals surface area contributed by atoms with E-state index in [1.807, 2.05) is 25.1 Å². The maximum absolute atomic E-state index is 4.18. The summed E-state index contributed by atoms with van der Waals surface area (Å²) in [5, 5.41) is 2.30. The van der Waals surface area contributed by atoms with Crippen molar-refractivity contribution in [2.24, 2.45) is 0 Å². The number of fused-ring (bicyclic) bond motifs is 1. The molecule has 0 N–H and O–H groups in total. The van der Waals surface area contributed by atoms with Gasteiger partial charge in [0.25, 0.3) is 0 Å². The molecule has 1 aromatic heterocycles. The first-order valence-corrected chi connectivity index (χ1v) is 4.32. The van der Waals surface area contributed by atoms with Crippen LogP contribution in [0.1, 0.15) is 5.69 Å². The summed E-state index contributed by atoms with van der Waals surface area (Å²) in [6, 6.07) is 6.04. The van der Waals surface area contributed by atoms with E-state index in [2.05, 4.69) is 19.2 Å². The monoisotopic (exact) mass is 176 g/mol. The molecule has 0 aliphatic rings. The van der Waals surface area contributed by atoms with Gasteiger partial charge in [-0.05, 0) is 18.3 Å². The third kappa shape index (κ3) is 1.09. The Morgan fingerprint density at radius 2 is 2.08 bits per heavy atom. The summed E-state index contributed by atoms with van der Waals surface area (Å²) >= 11 is 0. The largest absolute Gasteiger partial charge is 0.241 e. The van der Waals surface area contributed by atoms with Gasteiger partial charge in [0.05, 0.1) is 5.52 Å². The molecule has 1 aromatic carbocycles. The Morgan fingerprint density at radius 3 is 2.83 bits per heavy atom. The van der Waals surface area contributed by atoms with Gasteiger partial charge in [0, 0.05) is 11.1 Å². The van der Waals surface area contributed by atoms with Crippen molar-refractivity contribution < 1.29 is 0 Å². The summed E-state index contributed by atoms with van der Waals surface area (Å²) in [7, 11) is 2.70. The van der Waals surface area contributed by atoms with E-state index >= 15 is 0 Å². The van der Waals surface area contributed by atoms with Crippen LogP contribution in [-0.4, -0.2) is 9.97 Å². The van der Waals surface area contributed by atoms with Crippen molar-refractivity contribution in [2.45, 2.75) is 6.92 Å². The molecule has 0 aliphatic carbocycles. The molecule has 0 spiro atoms. The van der Waals surface area contributed by atoms with Crippen LogP contribution in [0.25, 0.3) is 10.9 Å². The number of hydrogen-bond donors (Lipinski definition) is 0. The van der Waals surface area contributed by atoms with Crippen molar-refractivity contribution in [3.05, 3.63) is 30.2 Å². The number of hydrogen-bond acceptors (Lipinski definition) is 2. The molecule has 0 radical (unpaired) electrons. The van der Waals surface area contributed by atoms with Crippen LogP contribution < -0.4 is 5.30 Å². The van der Waals surface area contributed by atoms with E-state index in [0.717, 1.165) is 21.9 Å². The lowest BCUT2D eigenvalue weighted by Gasteiger charge is -2.01. The summed E-state index contributed by atoms with van der Waals surface area (Å²) in [6.45, 7) is 2.00. The predicted molar refractivity (Wildman–Crippen MR) is 53.6 cm³/mol. The lowest BCUT2D eigenvalue weighted by molar-refractivity contribution is 1.15. The standard InChI is InChI=1S/C9H9N2P/c1-6-9-7(11-5-10-6)3-2-4-8(9)12/h2-5H,12H2,1H3. The normalized spacial score (nSPS) is 10.5. The van der Waals surface area contributed by atoms with Gasteiger partial charge < -0.3 is 0 Å². The highest BCUT2D eigenvalue weighted by Crippen LogP contribution is 2.12. The Labute approximate surface area is 73.2 Å². The van der Waals surface area contributed by atoms with Gasteiger partial charge in [0.15, 0.2) is 0 Å². The molecular weight excluding hydrogens is 167 g/mol. The van der Waals surface area contributed by atoms with E-state index in [9.17, 15) is 0 Å². The molecule has 2 rings (SSSR count). The number of aromatic nitrogens is 2. The molecule has 1 unspecified atom stereocenters. The van der Waals surface area contributed by atoms with Gasteiger partial charge in [0.1, 0.15) is 6.33 Å². The number of nitrogens with zero attached hydrogens (tertiary/aromatic N) is 2. The zero-order chi connectivity index (χ0) is 8.55. The van der Waals surface area contributed by atoms with Crippen molar-refractivity contribution >= 4 is 25.4 Å². The molecule has 0 bridgehead atoms. The van der Waals surface area contributed by atoms with E-state index < -0.39 is 0 Å². The minimum absolute atomic E-state index is 1.01. The third-order valence-electron chi connectivity index (χ3n) is 1.88. The zero-order valence-corrected chi connectivity index (χ0v) is 7.94. The lowest BCUT2D eigenvalue weighted by Crippen LogP contribution is -1.97. The van der Waals surface area contributed by atoms with Crippen LogP contribution in [0.3, 0.4) is 0 Å². The Bertz CT molecular complexity index is 389. The smallest absolute Gasteiger partial charge is 0.116 e. The number of aryl methyl sites for hydroxylation is 1. The molecule has 1 heterocycles. The maximum atomic E-state index is 4.18. The molecule has 3 heteroatoms. The van der Waals surface area contributed by atoms with Gasteiger partial charge in [-0.1, -0.05) is 12.1 Å². The van der Waals surface area contributed by atoms with Gasteiger partial charge in [-0.25, -0.2) is 9.97 Å². The molecule has 0 amide bonds. The van der Waals surface area contributed by atoms with Gasteiger partial charge in [-0.2, -0.15) is 0 Å². The second-order valence-electron chi connectivity index (χ2n) is 2.70. The van der Waals surface area contributed by atoms with Crippen LogP contribution in [0.5, 0.6) is 0 Å². The molecule has 0 fully saturated rings. The van der Waals surface area contributed by atoms with Crippen LogP contribution >= 0.6 is 9.24 Å². The van der Waals surface area contributed by atoms with Crippen LogP contribution in [0.15, 0.2) is 24.5 Å². The lowest BCUT2D eigenvalue weighted by atomic mass is 10.2. The highest BCUT2D eigenvalue weighted by molar-refractivity contribution is 7.28. The first kappa shape index (κ1) is 7.63. The molecule has 60 valence electrons. The molecule has 1 atom stereocenters. The van der Waals surface area contributed by atoms with E-state index in [0.29, 0.717) is 0 Å². The van der Waals surface area contributed by atoms with Crippen molar-refractivity contribution in [1.29, 1.82) is 0 Å². The van der Waals surface area contributed by atoms with Crippen LogP contribution in [0.4, 0.5) is 0 Å². The fourth-order valence-corrected chi connectivity index (χ4v) is 1.77. The SMILES string of the molecule is Cc1ncnc2cccc(P)c12. The summed E-state index contributed by atoms with van der Waals surface area (Å²) in [5.41, 5.74) is 2.04. The van der Waals surface area contributed by atoms with Gasteiger partial charge in [-0.15, -0.1) is 9.24 Å². The van der Waals surface area contributed by atoms with Gasteiger partial charge in [0.2, 0.25) is 0 Å². The summed E-state index contributed by atoms with van der Waals surface area (Å²) in [6.07, 6.45) is 1.60. The quantitative estimate of drug-likeness (QED) is 0.567. The van der Waals surface area contributed by atoms with Crippen LogP contribution in [0.2, 0.25) is 0 Å². The number of rotatable bonds is 0.